The molecule has 0 saturated carbocycles. The van der Waals surface area contributed by atoms with Crippen LogP contribution in [-0.2, 0) is 4.79 Å². The Morgan fingerprint density at radius 1 is 1.14 bits per heavy atom. The van der Waals surface area contributed by atoms with Crippen molar-refractivity contribution < 1.29 is 9.59 Å². The van der Waals surface area contributed by atoms with Crippen LogP contribution in [0.15, 0.2) is 18.3 Å². The van der Waals surface area contributed by atoms with Crippen LogP contribution in [0.3, 0.4) is 0 Å². The summed E-state index contributed by atoms with van der Waals surface area (Å²) in [7, 11) is 3.49. The fraction of sp³-hybridized carbons (Fsp3) is 0.682. The van der Waals surface area contributed by atoms with Crippen molar-refractivity contribution in [1.82, 2.24) is 19.7 Å². The van der Waals surface area contributed by atoms with E-state index in [2.05, 4.69) is 16.8 Å². The van der Waals surface area contributed by atoms with Gasteiger partial charge in [0.05, 0.1) is 5.56 Å². The third kappa shape index (κ3) is 5.10. The number of rotatable bonds is 5. The second-order valence-corrected chi connectivity index (χ2v) is 8.43. The Morgan fingerprint density at radius 2 is 1.89 bits per heavy atom. The van der Waals surface area contributed by atoms with Crippen LogP contribution in [0.5, 0.6) is 0 Å². The van der Waals surface area contributed by atoms with Gasteiger partial charge in [0.15, 0.2) is 0 Å². The minimum Gasteiger partial charge on any atom is -0.345 e. The summed E-state index contributed by atoms with van der Waals surface area (Å²) in [6, 6.07) is 3.81. The van der Waals surface area contributed by atoms with E-state index in [1.54, 1.807) is 25.2 Å². The van der Waals surface area contributed by atoms with Crippen molar-refractivity contribution in [3.8, 4) is 0 Å². The minimum absolute atomic E-state index is 0.0337. The normalized spacial score (nSPS) is 21.5. The van der Waals surface area contributed by atoms with Crippen LogP contribution in [0.25, 0.3) is 0 Å². The van der Waals surface area contributed by atoms with Gasteiger partial charge in [-0.25, -0.2) is 0 Å². The molecule has 1 atom stereocenters. The highest BCUT2D eigenvalue weighted by molar-refractivity contribution is 5.93. The third-order valence-corrected chi connectivity index (χ3v) is 6.25. The van der Waals surface area contributed by atoms with Gasteiger partial charge in [-0.2, -0.15) is 0 Å². The van der Waals surface area contributed by atoms with Crippen LogP contribution in [-0.4, -0.2) is 78.3 Å². The maximum absolute atomic E-state index is 12.9. The average Bonchev–Trinajstić information content (AvgIpc) is 2.74. The number of amides is 2. The molecule has 2 aliphatic rings. The molecule has 3 heterocycles. The fourth-order valence-electron chi connectivity index (χ4n) is 4.36. The molecule has 2 fully saturated rings. The SMILES string of the molecule is CCN1CCC(CC(=O)N2CCCC(c3ccc(C(=O)N(C)C)cn3)C2)CC1. The number of pyridine rings is 1. The van der Waals surface area contributed by atoms with Crippen LogP contribution >= 0.6 is 0 Å². The summed E-state index contributed by atoms with van der Waals surface area (Å²) in [6.45, 7) is 7.18. The molecular formula is C22H34N4O2. The van der Waals surface area contributed by atoms with Crippen molar-refractivity contribution in [3.05, 3.63) is 29.6 Å². The number of hydrogen-bond acceptors (Lipinski definition) is 4. The molecule has 6 nitrogen and oxygen atoms in total. The Balaban J connectivity index is 1.55. The summed E-state index contributed by atoms with van der Waals surface area (Å²) < 4.78 is 0. The van der Waals surface area contributed by atoms with E-state index in [1.807, 2.05) is 17.0 Å². The number of nitrogens with zero attached hydrogens (tertiary/aromatic N) is 4. The summed E-state index contributed by atoms with van der Waals surface area (Å²) in [5, 5.41) is 0. The van der Waals surface area contributed by atoms with Crippen molar-refractivity contribution in [3.63, 3.8) is 0 Å². The smallest absolute Gasteiger partial charge is 0.254 e. The molecule has 2 saturated heterocycles. The molecule has 28 heavy (non-hydrogen) atoms. The lowest BCUT2D eigenvalue weighted by atomic mass is 9.90. The molecular weight excluding hydrogens is 352 g/mol. The van der Waals surface area contributed by atoms with Crippen molar-refractivity contribution in [2.75, 3.05) is 46.8 Å². The molecule has 6 heteroatoms. The molecule has 0 bridgehead atoms. The molecule has 0 spiro atoms. The Labute approximate surface area is 168 Å². The van der Waals surface area contributed by atoms with Gasteiger partial charge < -0.3 is 14.7 Å². The van der Waals surface area contributed by atoms with Crippen molar-refractivity contribution in [2.24, 2.45) is 5.92 Å². The molecule has 2 amide bonds. The van der Waals surface area contributed by atoms with Crippen LogP contribution in [0.2, 0.25) is 0 Å². The van der Waals surface area contributed by atoms with E-state index >= 15 is 0 Å². The maximum atomic E-state index is 12.9. The predicted octanol–water partition coefficient (Wildman–Crippen LogP) is 2.61. The largest absolute Gasteiger partial charge is 0.345 e. The number of aromatic nitrogens is 1. The maximum Gasteiger partial charge on any atom is 0.254 e. The van der Waals surface area contributed by atoms with Gasteiger partial charge in [-0.3, -0.25) is 14.6 Å². The molecule has 1 aromatic heterocycles. The summed E-state index contributed by atoms with van der Waals surface area (Å²) in [6.07, 6.45) is 6.70. The number of carbonyl (C=O) groups excluding carboxylic acids is 2. The van der Waals surface area contributed by atoms with Gasteiger partial charge in [-0.15, -0.1) is 0 Å². The molecule has 1 unspecified atom stereocenters. The van der Waals surface area contributed by atoms with E-state index in [-0.39, 0.29) is 11.8 Å². The summed E-state index contributed by atoms with van der Waals surface area (Å²) in [5.41, 5.74) is 1.60. The summed E-state index contributed by atoms with van der Waals surface area (Å²) in [5.74, 6) is 1.07. The highest BCUT2D eigenvalue weighted by Crippen LogP contribution is 2.28. The fourth-order valence-corrected chi connectivity index (χ4v) is 4.36. The molecule has 154 valence electrons. The van der Waals surface area contributed by atoms with E-state index in [4.69, 9.17) is 0 Å². The zero-order valence-electron chi connectivity index (χ0n) is 17.6. The molecule has 0 aliphatic carbocycles. The molecule has 0 N–H and O–H groups in total. The van der Waals surface area contributed by atoms with Crippen LogP contribution < -0.4 is 0 Å². The third-order valence-electron chi connectivity index (χ3n) is 6.25. The van der Waals surface area contributed by atoms with Gasteiger partial charge in [0.1, 0.15) is 0 Å². The van der Waals surface area contributed by atoms with Crippen LogP contribution in [0.1, 0.15) is 61.0 Å². The van der Waals surface area contributed by atoms with E-state index < -0.39 is 0 Å². The van der Waals surface area contributed by atoms with E-state index in [9.17, 15) is 9.59 Å². The van der Waals surface area contributed by atoms with E-state index in [0.29, 0.717) is 23.8 Å². The summed E-state index contributed by atoms with van der Waals surface area (Å²) in [4.78, 5) is 35.5. The van der Waals surface area contributed by atoms with Crippen molar-refractivity contribution >= 4 is 11.8 Å². The lowest BCUT2D eigenvalue weighted by Crippen LogP contribution is -2.41. The minimum atomic E-state index is -0.0337. The molecule has 0 aromatic carbocycles. The van der Waals surface area contributed by atoms with Gasteiger partial charge >= 0.3 is 0 Å². The Hall–Kier alpha value is -1.95. The monoisotopic (exact) mass is 386 g/mol. The standard InChI is InChI=1S/C22H34N4O2/c1-4-25-12-9-17(10-13-25)14-21(27)26-11-5-6-19(16-26)20-8-7-18(15-23-20)22(28)24(2)3/h7-8,15,17,19H,4-6,9-14,16H2,1-3H3. The zero-order valence-corrected chi connectivity index (χ0v) is 17.6. The quantitative estimate of drug-likeness (QED) is 0.781. The molecule has 3 rings (SSSR count). The Morgan fingerprint density at radius 3 is 2.50 bits per heavy atom. The van der Waals surface area contributed by atoms with Crippen LogP contribution in [0.4, 0.5) is 0 Å². The molecule has 0 radical (unpaired) electrons. The predicted molar refractivity (Wildman–Crippen MR) is 110 cm³/mol. The lowest BCUT2D eigenvalue weighted by molar-refractivity contribution is -0.133. The Kier molecular flexibility index (Phi) is 7.05. The first-order valence-corrected chi connectivity index (χ1v) is 10.7. The molecule has 1 aromatic rings. The number of likely N-dealkylation sites (tertiary alicyclic amines) is 2. The summed E-state index contributed by atoms with van der Waals surface area (Å²) >= 11 is 0. The highest BCUT2D eigenvalue weighted by Gasteiger charge is 2.28. The first-order chi connectivity index (χ1) is 13.5. The first-order valence-electron chi connectivity index (χ1n) is 10.7. The average molecular weight is 387 g/mol. The number of carbonyl (C=O) groups is 2. The van der Waals surface area contributed by atoms with Gasteiger partial charge in [0, 0.05) is 51.4 Å². The highest BCUT2D eigenvalue weighted by atomic mass is 16.2. The number of hydrogen-bond donors (Lipinski definition) is 0. The lowest BCUT2D eigenvalue weighted by Gasteiger charge is -2.35. The van der Waals surface area contributed by atoms with E-state index in [0.717, 1.165) is 64.1 Å². The second-order valence-electron chi connectivity index (χ2n) is 8.43. The Bertz CT molecular complexity index is 666. The zero-order chi connectivity index (χ0) is 20.1. The van der Waals surface area contributed by atoms with Gasteiger partial charge in [-0.1, -0.05) is 6.92 Å². The van der Waals surface area contributed by atoms with Crippen molar-refractivity contribution in [1.29, 1.82) is 0 Å². The van der Waals surface area contributed by atoms with Crippen LogP contribution in [0, 0.1) is 5.92 Å². The van der Waals surface area contributed by atoms with Gasteiger partial charge in [-0.05, 0) is 63.4 Å². The first kappa shape index (κ1) is 20.8. The second kappa shape index (κ2) is 9.50. The topological polar surface area (TPSA) is 56.8 Å². The number of piperidine rings is 2. The van der Waals surface area contributed by atoms with Gasteiger partial charge in [0.25, 0.3) is 5.91 Å². The van der Waals surface area contributed by atoms with Crippen molar-refractivity contribution in [2.45, 2.75) is 44.9 Å². The van der Waals surface area contributed by atoms with E-state index in [1.165, 1.54) is 0 Å². The molecule has 2 aliphatic heterocycles. The van der Waals surface area contributed by atoms with Gasteiger partial charge in [0.2, 0.25) is 5.91 Å².